The Balaban J connectivity index is 1.38. The van der Waals surface area contributed by atoms with Gasteiger partial charge in [0.05, 0.1) is 18.9 Å². The van der Waals surface area contributed by atoms with Gasteiger partial charge in [0.15, 0.2) is 5.69 Å². The minimum absolute atomic E-state index is 0.00534. The van der Waals surface area contributed by atoms with E-state index in [4.69, 9.17) is 4.74 Å². The van der Waals surface area contributed by atoms with Crippen LogP contribution in [-0.4, -0.2) is 70.8 Å². The number of nitrogens with zero attached hydrogens (tertiary/aromatic N) is 4. The molecule has 2 aromatic rings. The van der Waals surface area contributed by atoms with Crippen molar-refractivity contribution in [3.05, 3.63) is 47.8 Å². The second-order valence-corrected chi connectivity index (χ2v) is 7.42. The lowest BCUT2D eigenvalue weighted by atomic mass is 9.95. The molecule has 0 saturated carbocycles. The maximum atomic E-state index is 12.9. The van der Waals surface area contributed by atoms with Crippen molar-refractivity contribution in [3.8, 4) is 5.69 Å². The molecule has 4 rings (SSSR count). The molecule has 0 radical (unpaired) electrons. The molecule has 0 bridgehead atoms. The van der Waals surface area contributed by atoms with E-state index in [1.54, 1.807) is 4.68 Å². The molecule has 2 aliphatic rings. The van der Waals surface area contributed by atoms with Crippen LogP contribution in [0.2, 0.25) is 0 Å². The average Bonchev–Trinajstić information content (AvgIpc) is 3.15. The van der Waals surface area contributed by atoms with Crippen LogP contribution in [0.15, 0.2) is 36.4 Å². The molecule has 1 aromatic carbocycles. The van der Waals surface area contributed by atoms with Gasteiger partial charge in [-0.1, -0.05) is 18.2 Å². The lowest BCUT2D eigenvalue weighted by molar-refractivity contribution is -0.141. The number of rotatable bonds is 3. The molecule has 2 aliphatic heterocycles. The van der Waals surface area contributed by atoms with E-state index in [2.05, 4.69) is 5.10 Å². The van der Waals surface area contributed by atoms with E-state index in [-0.39, 0.29) is 17.7 Å². The number of hydrogen-bond acceptors (Lipinski definition) is 4. The van der Waals surface area contributed by atoms with Gasteiger partial charge in [0.2, 0.25) is 5.91 Å². The van der Waals surface area contributed by atoms with Crippen LogP contribution < -0.4 is 0 Å². The fraction of sp³-hybridized carbons (Fsp3) is 0.476. The Kier molecular flexibility index (Phi) is 5.43. The highest BCUT2D eigenvalue weighted by molar-refractivity contribution is 5.92. The van der Waals surface area contributed by atoms with E-state index >= 15 is 0 Å². The zero-order chi connectivity index (χ0) is 19.5. The highest BCUT2D eigenvalue weighted by Crippen LogP contribution is 2.22. The Morgan fingerprint density at radius 3 is 2.36 bits per heavy atom. The summed E-state index contributed by atoms with van der Waals surface area (Å²) in [7, 11) is 0. The molecule has 0 atom stereocenters. The summed E-state index contributed by atoms with van der Waals surface area (Å²) in [5.41, 5.74) is 2.32. The molecule has 2 amide bonds. The van der Waals surface area contributed by atoms with Gasteiger partial charge in [-0.2, -0.15) is 5.10 Å². The predicted molar refractivity (Wildman–Crippen MR) is 104 cm³/mol. The summed E-state index contributed by atoms with van der Waals surface area (Å²) >= 11 is 0. The number of ether oxygens (including phenoxy) is 1. The Morgan fingerprint density at radius 1 is 1.00 bits per heavy atom. The average molecular weight is 382 g/mol. The van der Waals surface area contributed by atoms with E-state index in [0.717, 1.165) is 11.4 Å². The SMILES string of the molecule is Cc1cc(C(=O)N2CCC(C(=O)N3CCOCC3)CC2)nn1-c1ccccc1. The quantitative estimate of drug-likeness (QED) is 0.813. The first kappa shape index (κ1) is 18.7. The summed E-state index contributed by atoms with van der Waals surface area (Å²) in [6.45, 7) is 5.72. The molecule has 7 nitrogen and oxygen atoms in total. The predicted octanol–water partition coefficient (Wildman–Crippen LogP) is 1.89. The van der Waals surface area contributed by atoms with Crippen molar-refractivity contribution in [2.45, 2.75) is 19.8 Å². The number of aryl methyl sites for hydroxylation is 1. The molecule has 0 N–H and O–H groups in total. The number of carbonyl (C=O) groups is 2. The van der Waals surface area contributed by atoms with Crippen molar-refractivity contribution in [2.75, 3.05) is 39.4 Å². The van der Waals surface area contributed by atoms with E-state index in [0.29, 0.717) is 57.9 Å². The first-order valence-electron chi connectivity index (χ1n) is 9.91. The molecule has 2 saturated heterocycles. The van der Waals surface area contributed by atoms with Gasteiger partial charge in [-0.3, -0.25) is 9.59 Å². The van der Waals surface area contributed by atoms with E-state index in [1.165, 1.54) is 0 Å². The van der Waals surface area contributed by atoms with Crippen LogP contribution in [0.25, 0.3) is 5.69 Å². The summed E-state index contributed by atoms with van der Waals surface area (Å²) in [5.74, 6) is 0.153. The zero-order valence-corrected chi connectivity index (χ0v) is 16.2. The maximum absolute atomic E-state index is 12.9. The molecule has 7 heteroatoms. The van der Waals surface area contributed by atoms with Gasteiger partial charge in [-0.05, 0) is 38.0 Å². The summed E-state index contributed by atoms with van der Waals surface area (Å²) in [5, 5.41) is 4.52. The molecule has 28 heavy (non-hydrogen) atoms. The second kappa shape index (κ2) is 8.14. The van der Waals surface area contributed by atoms with Crippen LogP contribution in [0, 0.1) is 12.8 Å². The zero-order valence-electron chi connectivity index (χ0n) is 16.2. The third kappa shape index (κ3) is 3.80. The van der Waals surface area contributed by atoms with Gasteiger partial charge >= 0.3 is 0 Å². The summed E-state index contributed by atoms with van der Waals surface area (Å²) in [6.07, 6.45) is 1.42. The third-order valence-corrected chi connectivity index (χ3v) is 5.56. The van der Waals surface area contributed by atoms with Crippen LogP contribution in [0.5, 0.6) is 0 Å². The van der Waals surface area contributed by atoms with E-state index < -0.39 is 0 Å². The minimum Gasteiger partial charge on any atom is -0.378 e. The van der Waals surface area contributed by atoms with Gasteiger partial charge in [-0.15, -0.1) is 0 Å². The molecule has 148 valence electrons. The van der Waals surface area contributed by atoms with Gasteiger partial charge in [-0.25, -0.2) is 4.68 Å². The van der Waals surface area contributed by atoms with Gasteiger partial charge < -0.3 is 14.5 Å². The molecule has 0 spiro atoms. The molecule has 3 heterocycles. The third-order valence-electron chi connectivity index (χ3n) is 5.56. The number of likely N-dealkylation sites (tertiary alicyclic amines) is 1. The molecule has 0 unspecified atom stereocenters. The monoisotopic (exact) mass is 382 g/mol. The van der Waals surface area contributed by atoms with E-state index in [9.17, 15) is 9.59 Å². The first-order chi connectivity index (χ1) is 13.6. The van der Waals surface area contributed by atoms with Crippen molar-refractivity contribution in [3.63, 3.8) is 0 Å². The molecule has 1 aromatic heterocycles. The van der Waals surface area contributed by atoms with Crippen LogP contribution in [0.4, 0.5) is 0 Å². The fourth-order valence-corrected chi connectivity index (χ4v) is 3.94. The fourth-order valence-electron chi connectivity index (χ4n) is 3.94. The molecule has 0 aliphatic carbocycles. The second-order valence-electron chi connectivity index (χ2n) is 7.42. The van der Waals surface area contributed by atoms with Crippen LogP contribution >= 0.6 is 0 Å². The topological polar surface area (TPSA) is 67.7 Å². The van der Waals surface area contributed by atoms with Gasteiger partial charge in [0.25, 0.3) is 5.91 Å². The van der Waals surface area contributed by atoms with Crippen molar-refractivity contribution in [2.24, 2.45) is 5.92 Å². The first-order valence-corrected chi connectivity index (χ1v) is 9.91. The number of para-hydroxylation sites is 1. The Labute approximate surface area is 164 Å². The van der Waals surface area contributed by atoms with Crippen molar-refractivity contribution < 1.29 is 14.3 Å². The number of carbonyl (C=O) groups excluding carboxylic acids is 2. The normalized spacial score (nSPS) is 18.3. The van der Waals surface area contributed by atoms with Crippen molar-refractivity contribution in [1.82, 2.24) is 19.6 Å². The van der Waals surface area contributed by atoms with E-state index in [1.807, 2.05) is 53.1 Å². The highest BCUT2D eigenvalue weighted by Gasteiger charge is 2.31. The van der Waals surface area contributed by atoms with Crippen molar-refractivity contribution in [1.29, 1.82) is 0 Å². The van der Waals surface area contributed by atoms with Crippen LogP contribution in [-0.2, 0) is 9.53 Å². The van der Waals surface area contributed by atoms with Crippen LogP contribution in [0.3, 0.4) is 0 Å². The Hall–Kier alpha value is -2.67. The van der Waals surface area contributed by atoms with Gasteiger partial charge in [0, 0.05) is 37.8 Å². The standard InChI is InChI=1S/C21H26N4O3/c1-16-15-19(22-25(16)18-5-3-2-4-6-18)21(27)23-9-7-17(8-10-23)20(26)24-11-13-28-14-12-24/h2-6,15,17H,7-14H2,1H3. The van der Waals surface area contributed by atoms with Crippen molar-refractivity contribution >= 4 is 11.8 Å². The largest absolute Gasteiger partial charge is 0.378 e. The molecular weight excluding hydrogens is 356 g/mol. The Morgan fingerprint density at radius 2 is 1.68 bits per heavy atom. The van der Waals surface area contributed by atoms with Gasteiger partial charge in [0.1, 0.15) is 0 Å². The minimum atomic E-state index is -0.0601. The number of morpholine rings is 1. The lowest BCUT2D eigenvalue weighted by Gasteiger charge is -2.35. The highest BCUT2D eigenvalue weighted by atomic mass is 16.5. The summed E-state index contributed by atoms with van der Waals surface area (Å²) < 4.78 is 7.12. The number of benzene rings is 1. The summed E-state index contributed by atoms with van der Waals surface area (Å²) in [6, 6.07) is 11.6. The maximum Gasteiger partial charge on any atom is 0.274 e. The molecular formula is C21H26N4O3. The number of aromatic nitrogens is 2. The molecule has 2 fully saturated rings. The number of amides is 2. The van der Waals surface area contributed by atoms with Crippen LogP contribution in [0.1, 0.15) is 29.0 Å². The summed E-state index contributed by atoms with van der Waals surface area (Å²) in [4.78, 5) is 29.3. The number of hydrogen-bond donors (Lipinski definition) is 0. The number of piperidine rings is 1. The smallest absolute Gasteiger partial charge is 0.274 e. The lowest BCUT2D eigenvalue weighted by Crippen LogP contribution is -2.47. The Bertz CT molecular complexity index is 835.